The molecule has 0 aliphatic carbocycles. The second-order valence-corrected chi connectivity index (χ2v) is 6.53. The molecule has 0 fully saturated rings. The van der Waals surface area contributed by atoms with Crippen molar-refractivity contribution in [1.82, 2.24) is 10.1 Å². The summed E-state index contributed by atoms with van der Waals surface area (Å²) in [5.74, 6) is 0.970. The zero-order valence-corrected chi connectivity index (χ0v) is 16.8. The predicted octanol–water partition coefficient (Wildman–Crippen LogP) is 4.81. The standard InChI is InChI=1S/C23H18FN3O4/c1-29-19-11-10-18(13-20(19)30-2)25-22(28)14-6-8-15(9-7-14)23-26-21(27-31-23)16-4-3-5-17(24)12-16/h3-13H,1-2H3,(H,25,28). The molecule has 4 rings (SSSR count). The van der Waals surface area contributed by atoms with Crippen molar-refractivity contribution in [2.24, 2.45) is 0 Å². The van der Waals surface area contributed by atoms with Gasteiger partial charge in [0.25, 0.3) is 11.8 Å². The number of ether oxygens (including phenoxy) is 2. The molecule has 0 bridgehead atoms. The van der Waals surface area contributed by atoms with E-state index in [2.05, 4.69) is 15.5 Å². The first kappa shape index (κ1) is 20.1. The van der Waals surface area contributed by atoms with Crippen LogP contribution in [0.4, 0.5) is 10.1 Å². The van der Waals surface area contributed by atoms with Crippen molar-refractivity contribution in [2.75, 3.05) is 19.5 Å². The van der Waals surface area contributed by atoms with Gasteiger partial charge in [0.2, 0.25) is 5.82 Å². The Labute approximate surface area is 177 Å². The number of amides is 1. The van der Waals surface area contributed by atoms with E-state index >= 15 is 0 Å². The molecule has 1 aromatic heterocycles. The molecule has 0 atom stereocenters. The fourth-order valence-electron chi connectivity index (χ4n) is 2.97. The molecular formula is C23H18FN3O4. The largest absolute Gasteiger partial charge is 0.493 e. The first-order valence-electron chi connectivity index (χ1n) is 9.31. The Kier molecular flexibility index (Phi) is 5.61. The molecule has 0 aliphatic heterocycles. The maximum atomic E-state index is 13.4. The number of anilines is 1. The van der Waals surface area contributed by atoms with Gasteiger partial charge in [0.15, 0.2) is 11.5 Å². The lowest BCUT2D eigenvalue weighted by molar-refractivity contribution is 0.102. The Morgan fingerprint density at radius 3 is 2.42 bits per heavy atom. The lowest BCUT2D eigenvalue weighted by Crippen LogP contribution is -2.11. The van der Waals surface area contributed by atoms with E-state index in [0.717, 1.165) is 0 Å². The third kappa shape index (κ3) is 4.37. The van der Waals surface area contributed by atoms with E-state index in [9.17, 15) is 9.18 Å². The van der Waals surface area contributed by atoms with Gasteiger partial charge in [-0.05, 0) is 48.5 Å². The maximum absolute atomic E-state index is 13.4. The van der Waals surface area contributed by atoms with Crippen LogP contribution in [0.2, 0.25) is 0 Å². The number of aromatic nitrogens is 2. The smallest absolute Gasteiger partial charge is 0.258 e. The highest BCUT2D eigenvalue weighted by molar-refractivity contribution is 6.04. The molecule has 1 N–H and O–H groups in total. The molecule has 0 radical (unpaired) electrons. The highest BCUT2D eigenvalue weighted by Gasteiger charge is 2.13. The number of halogens is 1. The van der Waals surface area contributed by atoms with Crippen molar-refractivity contribution < 1.29 is 23.2 Å². The number of carbonyl (C=O) groups excluding carboxylic acids is 1. The quantitative estimate of drug-likeness (QED) is 0.483. The van der Waals surface area contributed by atoms with Crippen molar-refractivity contribution in [3.63, 3.8) is 0 Å². The zero-order valence-electron chi connectivity index (χ0n) is 16.8. The summed E-state index contributed by atoms with van der Waals surface area (Å²) in [6.07, 6.45) is 0. The number of hydrogen-bond acceptors (Lipinski definition) is 6. The van der Waals surface area contributed by atoms with Crippen LogP contribution in [0.15, 0.2) is 71.3 Å². The van der Waals surface area contributed by atoms with Crippen LogP contribution in [0.5, 0.6) is 11.5 Å². The highest BCUT2D eigenvalue weighted by atomic mass is 19.1. The second-order valence-electron chi connectivity index (χ2n) is 6.53. The molecule has 3 aromatic carbocycles. The van der Waals surface area contributed by atoms with E-state index in [1.807, 2.05) is 0 Å². The third-order valence-electron chi connectivity index (χ3n) is 4.54. The molecular weight excluding hydrogens is 401 g/mol. The van der Waals surface area contributed by atoms with Gasteiger partial charge >= 0.3 is 0 Å². The highest BCUT2D eigenvalue weighted by Crippen LogP contribution is 2.30. The van der Waals surface area contributed by atoms with Crippen LogP contribution >= 0.6 is 0 Å². The van der Waals surface area contributed by atoms with Gasteiger partial charge in [0.05, 0.1) is 14.2 Å². The van der Waals surface area contributed by atoms with Gasteiger partial charge in [-0.15, -0.1) is 0 Å². The molecule has 156 valence electrons. The number of carbonyl (C=O) groups is 1. The Morgan fingerprint density at radius 2 is 1.71 bits per heavy atom. The van der Waals surface area contributed by atoms with Crippen molar-refractivity contribution in [3.05, 3.63) is 78.1 Å². The van der Waals surface area contributed by atoms with Crippen LogP contribution in [-0.2, 0) is 0 Å². The summed E-state index contributed by atoms with van der Waals surface area (Å²) in [5.41, 5.74) is 2.17. The Bertz CT molecular complexity index is 1220. The molecule has 31 heavy (non-hydrogen) atoms. The van der Waals surface area contributed by atoms with Gasteiger partial charge in [-0.2, -0.15) is 4.98 Å². The number of hydrogen-bond donors (Lipinski definition) is 1. The monoisotopic (exact) mass is 419 g/mol. The predicted molar refractivity (Wildman–Crippen MR) is 113 cm³/mol. The Morgan fingerprint density at radius 1 is 0.935 bits per heavy atom. The summed E-state index contributed by atoms with van der Waals surface area (Å²) in [4.78, 5) is 16.9. The number of nitrogens with one attached hydrogen (secondary N) is 1. The molecule has 4 aromatic rings. The summed E-state index contributed by atoms with van der Waals surface area (Å²) in [6.45, 7) is 0. The molecule has 8 heteroatoms. The first-order chi connectivity index (χ1) is 15.1. The van der Waals surface area contributed by atoms with Gasteiger partial charge in [-0.25, -0.2) is 4.39 Å². The van der Waals surface area contributed by atoms with E-state index in [1.54, 1.807) is 61.7 Å². The van der Waals surface area contributed by atoms with E-state index in [-0.39, 0.29) is 23.4 Å². The molecule has 0 saturated heterocycles. The SMILES string of the molecule is COc1ccc(NC(=O)c2ccc(-c3nc(-c4cccc(F)c4)no3)cc2)cc1OC. The van der Waals surface area contributed by atoms with Crippen molar-refractivity contribution in [2.45, 2.75) is 0 Å². The first-order valence-corrected chi connectivity index (χ1v) is 9.31. The van der Waals surface area contributed by atoms with Crippen LogP contribution in [0.25, 0.3) is 22.8 Å². The van der Waals surface area contributed by atoms with E-state index in [4.69, 9.17) is 14.0 Å². The van der Waals surface area contributed by atoms with Gasteiger partial charge in [-0.1, -0.05) is 17.3 Å². The lowest BCUT2D eigenvalue weighted by Gasteiger charge is -2.10. The number of methoxy groups -OCH3 is 2. The van der Waals surface area contributed by atoms with Crippen molar-refractivity contribution in [3.8, 4) is 34.3 Å². The minimum absolute atomic E-state index is 0.270. The molecule has 0 saturated carbocycles. The van der Waals surface area contributed by atoms with Crippen LogP contribution in [0.3, 0.4) is 0 Å². The van der Waals surface area contributed by atoms with Gasteiger partial charge < -0.3 is 19.3 Å². The maximum Gasteiger partial charge on any atom is 0.258 e. The fraction of sp³-hybridized carbons (Fsp3) is 0.0870. The topological polar surface area (TPSA) is 86.5 Å². The Balaban J connectivity index is 1.49. The molecule has 0 spiro atoms. The zero-order chi connectivity index (χ0) is 21.8. The van der Waals surface area contributed by atoms with Gasteiger partial charge in [-0.3, -0.25) is 4.79 Å². The van der Waals surface area contributed by atoms with Crippen LogP contribution in [0, 0.1) is 5.82 Å². The van der Waals surface area contributed by atoms with Crippen LogP contribution < -0.4 is 14.8 Å². The van der Waals surface area contributed by atoms with Gasteiger partial charge in [0, 0.05) is 28.4 Å². The van der Waals surface area contributed by atoms with Gasteiger partial charge in [0.1, 0.15) is 5.82 Å². The van der Waals surface area contributed by atoms with E-state index in [0.29, 0.717) is 33.9 Å². The normalized spacial score (nSPS) is 10.5. The lowest BCUT2D eigenvalue weighted by atomic mass is 10.1. The van der Waals surface area contributed by atoms with Crippen molar-refractivity contribution in [1.29, 1.82) is 0 Å². The minimum atomic E-state index is -0.381. The van der Waals surface area contributed by atoms with Crippen molar-refractivity contribution >= 4 is 11.6 Å². The number of nitrogens with zero attached hydrogens (tertiary/aromatic N) is 2. The molecule has 7 nitrogen and oxygen atoms in total. The summed E-state index contributed by atoms with van der Waals surface area (Å²) < 4.78 is 29.1. The summed E-state index contributed by atoms with van der Waals surface area (Å²) in [6, 6.07) is 17.8. The second kappa shape index (κ2) is 8.66. The van der Waals surface area contributed by atoms with E-state index < -0.39 is 0 Å². The summed E-state index contributed by atoms with van der Waals surface area (Å²) >= 11 is 0. The number of rotatable bonds is 6. The summed E-state index contributed by atoms with van der Waals surface area (Å²) in [5, 5.41) is 6.71. The third-order valence-corrected chi connectivity index (χ3v) is 4.54. The summed E-state index contributed by atoms with van der Waals surface area (Å²) in [7, 11) is 3.07. The fourth-order valence-corrected chi connectivity index (χ4v) is 2.97. The molecule has 1 heterocycles. The van der Waals surface area contributed by atoms with E-state index in [1.165, 1.54) is 19.2 Å². The Hall–Kier alpha value is -4.20. The minimum Gasteiger partial charge on any atom is -0.493 e. The molecule has 0 unspecified atom stereocenters. The molecule has 0 aliphatic rings. The average molecular weight is 419 g/mol. The number of benzene rings is 3. The average Bonchev–Trinajstić information content (AvgIpc) is 3.29. The van der Waals surface area contributed by atoms with Crippen LogP contribution in [-0.4, -0.2) is 30.3 Å². The van der Waals surface area contributed by atoms with Crippen LogP contribution in [0.1, 0.15) is 10.4 Å². The molecule has 1 amide bonds.